The number of nitrogens with zero attached hydrogens (tertiary/aromatic N) is 2. The zero-order valence-electron chi connectivity index (χ0n) is 13.5. The van der Waals surface area contributed by atoms with Crippen LogP contribution in [-0.2, 0) is 11.3 Å². The fourth-order valence-electron chi connectivity index (χ4n) is 4.05. The molecular formula is C18H27N3O. The summed E-state index contributed by atoms with van der Waals surface area (Å²) in [5.74, 6) is 1.60. The number of carbonyl (C=O) groups excluding carboxylic acids is 1. The van der Waals surface area contributed by atoms with E-state index in [1.807, 2.05) is 6.92 Å². The van der Waals surface area contributed by atoms with E-state index in [4.69, 9.17) is 0 Å². The van der Waals surface area contributed by atoms with E-state index in [2.05, 4.69) is 45.4 Å². The van der Waals surface area contributed by atoms with Crippen LogP contribution in [0.5, 0.6) is 0 Å². The molecule has 2 fully saturated rings. The van der Waals surface area contributed by atoms with Gasteiger partial charge >= 0.3 is 0 Å². The summed E-state index contributed by atoms with van der Waals surface area (Å²) in [7, 11) is 0. The van der Waals surface area contributed by atoms with Crippen LogP contribution in [0, 0.1) is 11.8 Å². The molecule has 2 unspecified atom stereocenters. The Kier molecular flexibility index (Phi) is 5.11. The first-order chi connectivity index (χ1) is 10.7. The molecule has 1 aromatic carbocycles. The second kappa shape index (κ2) is 7.25. The average molecular weight is 301 g/mol. The van der Waals surface area contributed by atoms with Crippen molar-refractivity contribution in [3.8, 4) is 0 Å². The summed E-state index contributed by atoms with van der Waals surface area (Å²) in [4.78, 5) is 16.7. The molecule has 0 aliphatic carbocycles. The second-order valence-electron chi connectivity index (χ2n) is 6.80. The van der Waals surface area contributed by atoms with Gasteiger partial charge in [-0.05, 0) is 30.7 Å². The standard InChI is InChI=1S/C18H27N3O/c1-2-19-18(22)14-21-12-16-8-17(13-21)11-20(10-16)9-15-6-4-3-5-7-15/h3-7,16-17H,2,8-14H2,1H3,(H,19,22). The molecule has 120 valence electrons. The average Bonchev–Trinajstić information content (AvgIpc) is 2.47. The lowest BCUT2D eigenvalue weighted by atomic mass is 9.84. The molecule has 22 heavy (non-hydrogen) atoms. The highest BCUT2D eigenvalue weighted by Gasteiger charge is 2.34. The third-order valence-electron chi connectivity index (χ3n) is 4.72. The van der Waals surface area contributed by atoms with Crippen molar-refractivity contribution in [2.24, 2.45) is 11.8 Å². The minimum Gasteiger partial charge on any atom is -0.355 e. The summed E-state index contributed by atoms with van der Waals surface area (Å²) < 4.78 is 0. The number of piperidine rings is 2. The van der Waals surface area contributed by atoms with E-state index in [9.17, 15) is 4.79 Å². The van der Waals surface area contributed by atoms with Crippen molar-refractivity contribution < 1.29 is 4.79 Å². The number of hydrogen-bond acceptors (Lipinski definition) is 3. The van der Waals surface area contributed by atoms with Crippen molar-refractivity contribution in [3.05, 3.63) is 35.9 Å². The molecule has 3 rings (SSSR count). The summed E-state index contributed by atoms with van der Waals surface area (Å²) in [6, 6.07) is 10.7. The highest BCUT2D eigenvalue weighted by atomic mass is 16.2. The van der Waals surface area contributed by atoms with Gasteiger partial charge in [-0.3, -0.25) is 14.6 Å². The number of carbonyl (C=O) groups is 1. The van der Waals surface area contributed by atoms with Gasteiger partial charge in [0.25, 0.3) is 0 Å². The van der Waals surface area contributed by atoms with Crippen LogP contribution in [-0.4, -0.2) is 55.0 Å². The predicted octanol–water partition coefficient (Wildman–Crippen LogP) is 1.58. The van der Waals surface area contributed by atoms with Gasteiger partial charge < -0.3 is 5.32 Å². The Labute approximate surface area is 133 Å². The van der Waals surface area contributed by atoms with Crippen LogP contribution in [0.4, 0.5) is 0 Å². The fraction of sp³-hybridized carbons (Fsp3) is 0.611. The molecule has 1 amide bonds. The molecule has 2 bridgehead atoms. The maximum atomic E-state index is 11.8. The number of fused-ring (bicyclic) bond motifs is 2. The quantitative estimate of drug-likeness (QED) is 0.897. The van der Waals surface area contributed by atoms with E-state index >= 15 is 0 Å². The number of amides is 1. The van der Waals surface area contributed by atoms with Crippen LogP contribution < -0.4 is 5.32 Å². The maximum absolute atomic E-state index is 11.8. The van der Waals surface area contributed by atoms with Gasteiger partial charge in [-0.25, -0.2) is 0 Å². The normalized spacial score (nSPS) is 25.9. The lowest BCUT2D eigenvalue weighted by Gasteiger charge is -2.45. The molecule has 2 atom stereocenters. The van der Waals surface area contributed by atoms with E-state index in [-0.39, 0.29) is 5.91 Å². The monoisotopic (exact) mass is 301 g/mol. The highest BCUT2D eigenvalue weighted by Crippen LogP contribution is 2.29. The molecule has 0 radical (unpaired) electrons. The molecule has 4 heteroatoms. The second-order valence-corrected chi connectivity index (χ2v) is 6.80. The number of benzene rings is 1. The van der Waals surface area contributed by atoms with Crippen LogP contribution in [0.3, 0.4) is 0 Å². The van der Waals surface area contributed by atoms with E-state index < -0.39 is 0 Å². The topological polar surface area (TPSA) is 35.6 Å². The smallest absolute Gasteiger partial charge is 0.234 e. The van der Waals surface area contributed by atoms with E-state index in [0.717, 1.165) is 39.3 Å². The summed E-state index contributed by atoms with van der Waals surface area (Å²) in [6.07, 6.45) is 1.33. The van der Waals surface area contributed by atoms with Crippen molar-refractivity contribution in [1.29, 1.82) is 0 Å². The molecule has 1 aromatic rings. The number of likely N-dealkylation sites (tertiary alicyclic amines) is 2. The molecule has 0 aromatic heterocycles. The summed E-state index contributed by atoms with van der Waals surface area (Å²) in [5.41, 5.74) is 1.40. The maximum Gasteiger partial charge on any atom is 0.234 e. The zero-order valence-corrected chi connectivity index (χ0v) is 13.5. The fourth-order valence-corrected chi connectivity index (χ4v) is 4.05. The lowest BCUT2D eigenvalue weighted by Crippen LogP contribution is -2.54. The summed E-state index contributed by atoms with van der Waals surface area (Å²) in [6.45, 7) is 8.80. The minimum absolute atomic E-state index is 0.170. The van der Waals surface area contributed by atoms with Gasteiger partial charge in [-0.2, -0.15) is 0 Å². The lowest BCUT2D eigenvalue weighted by molar-refractivity contribution is -0.123. The third kappa shape index (κ3) is 4.08. The van der Waals surface area contributed by atoms with Crippen molar-refractivity contribution >= 4 is 5.91 Å². The minimum atomic E-state index is 0.170. The number of hydrogen-bond donors (Lipinski definition) is 1. The molecule has 2 heterocycles. The first-order valence-corrected chi connectivity index (χ1v) is 8.48. The van der Waals surface area contributed by atoms with E-state index in [0.29, 0.717) is 18.4 Å². The molecule has 1 N–H and O–H groups in total. The first-order valence-electron chi connectivity index (χ1n) is 8.48. The number of rotatable bonds is 5. The van der Waals surface area contributed by atoms with Crippen LogP contribution in [0.1, 0.15) is 18.9 Å². The van der Waals surface area contributed by atoms with E-state index in [1.54, 1.807) is 0 Å². The van der Waals surface area contributed by atoms with Crippen LogP contribution in [0.15, 0.2) is 30.3 Å². The van der Waals surface area contributed by atoms with Crippen LogP contribution in [0.2, 0.25) is 0 Å². The summed E-state index contributed by atoms with van der Waals surface area (Å²) in [5, 5.41) is 2.91. The number of nitrogens with one attached hydrogen (secondary N) is 1. The molecule has 0 saturated carbocycles. The molecular weight excluding hydrogens is 274 g/mol. The van der Waals surface area contributed by atoms with Gasteiger partial charge in [-0.15, -0.1) is 0 Å². The molecule has 0 spiro atoms. The SMILES string of the molecule is CCNC(=O)CN1CC2CC(C1)CN(Cc1ccccc1)C2. The van der Waals surface area contributed by atoms with Gasteiger partial charge in [0.2, 0.25) is 5.91 Å². The Bertz CT molecular complexity index is 476. The van der Waals surface area contributed by atoms with Crippen LogP contribution >= 0.6 is 0 Å². The number of likely N-dealkylation sites (N-methyl/N-ethyl adjacent to an activating group) is 1. The largest absolute Gasteiger partial charge is 0.355 e. The molecule has 2 saturated heterocycles. The Morgan fingerprint density at radius 3 is 2.36 bits per heavy atom. The predicted molar refractivity (Wildman–Crippen MR) is 88.4 cm³/mol. The summed E-state index contributed by atoms with van der Waals surface area (Å²) >= 11 is 0. The molecule has 2 aliphatic rings. The first kappa shape index (κ1) is 15.5. The third-order valence-corrected chi connectivity index (χ3v) is 4.72. The Balaban J connectivity index is 1.52. The highest BCUT2D eigenvalue weighted by molar-refractivity contribution is 5.77. The van der Waals surface area contributed by atoms with Gasteiger partial charge in [0, 0.05) is 39.3 Å². The van der Waals surface area contributed by atoms with Crippen molar-refractivity contribution in [1.82, 2.24) is 15.1 Å². The van der Waals surface area contributed by atoms with Crippen molar-refractivity contribution in [3.63, 3.8) is 0 Å². The van der Waals surface area contributed by atoms with E-state index in [1.165, 1.54) is 12.0 Å². The van der Waals surface area contributed by atoms with Crippen molar-refractivity contribution in [2.75, 3.05) is 39.3 Å². The Hall–Kier alpha value is -1.39. The van der Waals surface area contributed by atoms with Gasteiger partial charge in [0.1, 0.15) is 0 Å². The van der Waals surface area contributed by atoms with Crippen molar-refractivity contribution in [2.45, 2.75) is 19.9 Å². The Morgan fingerprint density at radius 1 is 1.09 bits per heavy atom. The van der Waals surface area contributed by atoms with Gasteiger partial charge in [0.15, 0.2) is 0 Å². The van der Waals surface area contributed by atoms with Gasteiger partial charge in [-0.1, -0.05) is 30.3 Å². The molecule has 4 nitrogen and oxygen atoms in total. The van der Waals surface area contributed by atoms with Crippen LogP contribution in [0.25, 0.3) is 0 Å². The van der Waals surface area contributed by atoms with Gasteiger partial charge in [0.05, 0.1) is 6.54 Å². The Morgan fingerprint density at radius 2 is 1.73 bits per heavy atom. The molecule has 2 aliphatic heterocycles. The zero-order chi connectivity index (χ0) is 15.4.